The summed E-state index contributed by atoms with van der Waals surface area (Å²) in [5.41, 5.74) is 1.58. The van der Waals surface area contributed by atoms with Gasteiger partial charge in [0.2, 0.25) is 21.8 Å². The number of carbonyl (C=O) groups excluding carboxylic acids is 2. The fourth-order valence-electron chi connectivity index (χ4n) is 3.98. The van der Waals surface area contributed by atoms with Crippen LogP contribution in [0.3, 0.4) is 0 Å². The molecule has 39 heavy (non-hydrogen) atoms. The van der Waals surface area contributed by atoms with E-state index in [2.05, 4.69) is 5.32 Å². The van der Waals surface area contributed by atoms with Crippen LogP contribution in [0.15, 0.2) is 83.8 Å². The van der Waals surface area contributed by atoms with Crippen LogP contribution in [0, 0.1) is 0 Å². The highest BCUT2D eigenvalue weighted by Crippen LogP contribution is 2.21. The number of hydrogen-bond donors (Lipinski definition) is 1. The van der Waals surface area contributed by atoms with E-state index in [1.165, 1.54) is 36.2 Å². The molecule has 0 aliphatic heterocycles. The van der Waals surface area contributed by atoms with Crippen molar-refractivity contribution in [1.29, 1.82) is 0 Å². The molecule has 0 bridgehead atoms. The molecule has 3 aromatic carbocycles. The Morgan fingerprint density at radius 2 is 1.54 bits per heavy atom. The predicted molar refractivity (Wildman–Crippen MR) is 155 cm³/mol. The SMILES string of the molecule is CC[C@@H](C)NC(=O)[C@H](Cc1ccccc1)N(Cc1cccc(Cl)c1)C(=O)CN(C)S(=O)(=O)c1ccc(Cl)cc1. The average Bonchev–Trinajstić information content (AvgIpc) is 2.91. The minimum absolute atomic E-state index is 0.0129. The fraction of sp³-hybridized carbons (Fsp3) is 0.310. The van der Waals surface area contributed by atoms with Crippen LogP contribution in [-0.4, -0.2) is 55.1 Å². The van der Waals surface area contributed by atoms with Gasteiger partial charge in [-0.1, -0.05) is 72.6 Å². The Bertz CT molecular complexity index is 1370. The highest BCUT2D eigenvalue weighted by atomic mass is 35.5. The molecular formula is C29H33Cl2N3O4S. The van der Waals surface area contributed by atoms with Gasteiger partial charge in [0.05, 0.1) is 11.4 Å². The zero-order valence-electron chi connectivity index (χ0n) is 22.2. The van der Waals surface area contributed by atoms with Gasteiger partial charge in [0.15, 0.2) is 0 Å². The van der Waals surface area contributed by atoms with Crippen LogP contribution in [0.1, 0.15) is 31.4 Å². The van der Waals surface area contributed by atoms with Gasteiger partial charge < -0.3 is 10.2 Å². The molecular weight excluding hydrogens is 557 g/mol. The van der Waals surface area contributed by atoms with Crippen molar-refractivity contribution >= 4 is 45.0 Å². The molecule has 208 valence electrons. The van der Waals surface area contributed by atoms with E-state index in [1.807, 2.05) is 50.2 Å². The molecule has 1 N–H and O–H groups in total. The third-order valence-electron chi connectivity index (χ3n) is 6.39. The molecule has 0 aliphatic rings. The molecule has 0 fully saturated rings. The molecule has 2 atom stereocenters. The summed E-state index contributed by atoms with van der Waals surface area (Å²) in [6, 6.07) is 21.2. The molecule has 2 amide bonds. The van der Waals surface area contributed by atoms with E-state index in [-0.39, 0.29) is 29.8 Å². The van der Waals surface area contributed by atoms with E-state index in [1.54, 1.807) is 18.2 Å². The molecule has 0 saturated carbocycles. The molecule has 3 aromatic rings. The summed E-state index contributed by atoms with van der Waals surface area (Å²) in [4.78, 5) is 28.9. The largest absolute Gasteiger partial charge is 0.352 e. The lowest BCUT2D eigenvalue weighted by Crippen LogP contribution is -2.54. The Morgan fingerprint density at radius 1 is 0.897 bits per heavy atom. The number of hydrogen-bond acceptors (Lipinski definition) is 4. The second kappa shape index (κ2) is 13.9. The number of nitrogens with zero attached hydrogens (tertiary/aromatic N) is 2. The number of likely N-dealkylation sites (N-methyl/N-ethyl adjacent to an activating group) is 1. The van der Waals surface area contributed by atoms with Crippen LogP contribution in [0.4, 0.5) is 0 Å². The number of rotatable bonds is 12. The predicted octanol–water partition coefficient (Wildman–Crippen LogP) is 5.17. The Hall–Kier alpha value is -2.91. The van der Waals surface area contributed by atoms with Crippen molar-refractivity contribution in [3.05, 3.63) is 100 Å². The van der Waals surface area contributed by atoms with Gasteiger partial charge in [-0.2, -0.15) is 4.31 Å². The lowest BCUT2D eigenvalue weighted by molar-refractivity contribution is -0.141. The standard InChI is InChI=1S/C29H33Cl2N3O4S/c1-4-21(2)32-29(36)27(18-22-9-6-5-7-10-22)34(19-23-11-8-12-25(31)17-23)28(35)20-33(3)39(37,38)26-15-13-24(30)14-16-26/h5-17,21,27H,4,18-20H2,1-3H3,(H,32,36)/t21-,27+/m1/s1. The van der Waals surface area contributed by atoms with Gasteiger partial charge in [-0.05, 0) is 60.9 Å². The quantitative estimate of drug-likeness (QED) is 0.316. The molecule has 10 heteroatoms. The minimum atomic E-state index is -3.99. The number of sulfonamides is 1. The van der Waals surface area contributed by atoms with Gasteiger partial charge in [0.25, 0.3) is 0 Å². The maximum absolute atomic E-state index is 13.9. The topological polar surface area (TPSA) is 86.8 Å². The Labute approximate surface area is 240 Å². The van der Waals surface area contributed by atoms with Crippen LogP contribution < -0.4 is 5.32 Å². The van der Waals surface area contributed by atoms with Crippen molar-refractivity contribution in [2.45, 2.75) is 50.2 Å². The highest BCUT2D eigenvalue weighted by molar-refractivity contribution is 7.89. The fourth-order valence-corrected chi connectivity index (χ4v) is 5.44. The highest BCUT2D eigenvalue weighted by Gasteiger charge is 2.33. The number of amides is 2. The van der Waals surface area contributed by atoms with Gasteiger partial charge in [0.1, 0.15) is 6.04 Å². The molecule has 0 aliphatic carbocycles. The maximum Gasteiger partial charge on any atom is 0.243 e. The van der Waals surface area contributed by atoms with Gasteiger partial charge in [-0.25, -0.2) is 8.42 Å². The normalized spacial score (nSPS) is 13.1. The zero-order valence-corrected chi connectivity index (χ0v) is 24.5. The lowest BCUT2D eigenvalue weighted by Gasteiger charge is -2.33. The molecule has 0 heterocycles. The first-order valence-electron chi connectivity index (χ1n) is 12.6. The second-order valence-corrected chi connectivity index (χ2v) is 12.3. The van der Waals surface area contributed by atoms with Gasteiger partial charge >= 0.3 is 0 Å². The van der Waals surface area contributed by atoms with E-state index >= 15 is 0 Å². The van der Waals surface area contributed by atoms with Gasteiger partial charge in [-0.3, -0.25) is 9.59 Å². The van der Waals surface area contributed by atoms with Gasteiger partial charge in [-0.15, -0.1) is 0 Å². The van der Waals surface area contributed by atoms with Crippen molar-refractivity contribution in [3.8, 4) is 0 Å². The summed E-state index contributed by atoms with van der Waals surface area (Å²) in [6.45, 7) is 3.46. The first kappa shape index (κ1) is 30.6. The van der Waals surface area contributed by atoms with E-state index in [4.69, 9.17) is 23.2 Å². The zero-order chi connectivity index (χ0) is 28.6. The molecule has 7 nitrogen and oxygen atoms in total. The number of carbonyl (C=O) groups is 2. The molecule has 0 saturated heterocycles. The van der Waals surface area contributed by atoms with Crippen molar-refractivity contribution in [1.82, 2.24) is 14.5 Å². The van der Waals surface area contributed by atoms with E-state index in [0.29, 0.717) is 22.0 Å². The Morgan fingerprint density at radius 3 is 2.15 bits per heavy atom. The van der Waals surface area contributed by atoms with Crippen LogP contribution in [-0.2, 0) is 32.6 Å². The number of nitrogens with one attached hydrogen (secondary N) is 1. The molecule has 0 radical (unpaired) electrons. The van der Waals surface area contributed by atoms with Crippen molar-refractivity contribution < 1.29 is 18.0 Å². The van der Waals surface area contributed by atoms with Crippen LogP contribution >= 0.6 is 23.2 Å². The van der Waals surface area contributed by atoms with Crippen molar-refractivity contribution in [3.63, 3.8) is 0 Å². The summed E-state index contributed by atoms with van der Waals surface area (Å²) in [6.07, 6.45) is 0.969. The first-order valence-corrected chi connectivity index (χ1v) is 14.8. The first-order chi connectivity index (χ1) is 18.5. The Balaban J connectivity index is 1.98. The Kier molecular flexibility index (Phi) is 10.9. The van der Waals surface area contributed by atoms with Crippen LogP contribution in [0.2, 0.25) is 10.0 Å². The lowest BCUT2D eigenvalue weighted by atomic mass is 10.0. The summed E-state index contributed by atoms with van der Waals surface area (Å²) < 4.78 is 27.4. The maximum atomic E-state index is 13.9. The minimum Gasteiger partial charge on any atom is -0.352 e. The average molecular weight is 591 g/mol. The molecule has 0 aromatic heterocycles. The number of halogens is 2. The van der Waals surface area contributed by atoms with Crippen LogP contribution in [0.5, 0.6) is 0 Å². The van der Waals surface area contributed by atoms with E-state index < -0.39 is 28.5 Å². The summed E-state index contributed by atoms with van der Waals surface area (Å²) in [7, 11) is -2.65. The van der Waals surface area contributed by atoms with E-state index in [0.717, 1.165) is 9.87 Å². The second-order valence-electron chi connectivity index (χ2n) is 9.39. The smallest absolute Gasteiger partial charge is 0.243 e. The molecule has 0 unspecified atom stereocenters. The third-order valence-corrected chi connectivity index (χ3v) is 8.70. The van der Waals surface area contributed by atoms with Gasteiger partial charge in [0, 0.05) is 36.1 Å². The van der Waals surface area contributed by atoms with E-state index in [9.17, 15) is 18.0 Å². The van der Waals surface area contributed by atoms with Crippen molar-refractivity contribution in [2.75, 3.05) is 13.6 Å². The number of benzene rings is 3. The van der Waals surface area contributed by atoms with Crippen LogP contribution in [0.25, 0.3) is 0 Å². The summed E-state index contributed by atoms with van der Waals surface area (Å²) >= 11 is 12.1. The summed E-state index contributed by atoms with van der Waals surface area (Å²) in [5.74, 6) is -0.831. The van der Waals surface area contributed by atoms with Crippen molar-refractivity contribution in [2.24, 2.45) is 0 Å². The molecule has 0 spiro atoms. The molecule has 3 rings (SSSR count). The third kappa shape index (κ3) is 8.54. The summed E-state index contributed by atoms with van der Waals surface area (Å²) in [5, 5.41) is 3.89. The monoisotopic (exact) mass is 589 g/mol.